The summed E-state index contributed by atoms with van der Waals surface area (Å²) in [6.07, 6.45) is 1.63. The van der Waals surface area contributed by atoms with Gasteiger partial charge in [0.05, 0.1) is 5.69 Å². The lowest BCUT2D eigenvalue weighted by atomic mass is 10.0. The molecule has 1 aromatic carbocycles. The molecule has 0 saturated carbocycles. The number of hydrogen-bond donors (Lipinski definition) is 2. The van der Waals surface area contributed by atoms with E-state index in [9.17, 15) is 9.79 Å². The molecule has 110 valence electrons. The first kappa shape index (κ1) is 15.8. The second-order valence-electron chi connectivity index (χ2n) is 4.35. The molecule has 0 aliphatic rings. The van der Waals surface area contributed by atoms with Crippen molar-refractivity contribution in [3.05, 3.63) is 59.4 Å². The number of aryl methyl sites for hydroxylation is 1. The van der Waals surface area contributed by atoms with E-state index in [-0.39, 0.29) is 0 Å². The average molecular weight is 322 g/mol. The van der Waals surface area contributed by atoms with Gasteiger partial charge in [-0.05, 0) is 36.4 Å². The largest absolute Gasteiger partial charge is 0.399 e. The second kappa shape index (κ2) is 6.45. The maximum absolute atomic E-state index is 9.98. The molecule has 1 aromatic heterocycles. The van der Waals surface area contributed by atoms with Gasteiger partial charge in [-0.3, -0.25) is 4.98 Å². The molecule has 21 heavy (non-hydrogen) atoms. The summed E-state index contributed by atoms with van der Waals surface area (Å²) in [6, 6.07) is 10.7. The first-order chi connectivity index (χ1) is 9.95. The fraction of sp³-hybridized carbons (Fsp3) is 0.143. The van der Waals surface area contributed by atoms with Crippen molar-refractivity contribution in [1.82, 2.24) is 4.98 Å². The number of oxime groups is 1. The number of rotatable bonds is 4. The Bertz CT molecular complexity index is 713. The molecule has 0 unspecified atom stereocenters. The van der Waals surface area contributed by atoms with Gasteiger partial charge >= 0.3 is 0 Å². The minimum absolute atomic E-state index is 0.307. The van der Waals surface area contributed by atoms with Crippen LogP contribution in [0, 0.1) is 6.92 Å². The van der Waals surface area contributed by atoms with E-state index in [0.717, 1.165) is 0 Å². The molecule has 0 radical (unpaired) electrons. The van der Waals surface area contributed by atoms with Crippen molar-refractivity contribution in [3.8, 4) is 0 Å². The zero-order chi connectivity index (χ0) is 15.5. The van der Waals surface area contributed by atoms with Crippen molar-refractivity contribution < 1.29 is 14.6 Å². The summed E-state index contributed by atoms with van der Waals surface area (Å²) in [5.74, 6) is 0. The number of aromatic nitrogens is 1. The lowest BCUT2D eigenvalue weighted by Crippen LogP contribution is -2.21. The Morgan fingerprint density at radius 2 is 2.00 bits per heavy atom. The van der Waals surface area contributed by atoms with Crippen LogP contribution >= 0.6 is 6.49 Å². The minimum atomic E-state index is -3.62. The Balaban J connectivity index is 2.72. The van der Waals surface area contributed by atoms with Gasteiger partial charge in [-0.2, -0.15) is 0 Å². The van der Waals surface area contributed by atoms with Gasteiger partial charge in [-0.1, -0.05) is 29.4 Å². The van der Waals surface area contributed by atoms with Crippen LogP contribution in [-0.4, -0.2) is 27.6 Å². The van der Waals surface area contributed by atoms with Gasteiger partial charge in [0.1, 0.15) is 12.8 Å². The summed E-state index contributed by atoms with van der Waals surface area (Å²) in [7, 11) is 1.42. The van der Waals surface area contributed by atoms with Crippen LogP contribution < -0.4 is 5.30 Å². The fourth-order valence-corrected chi connectivity index (χ4v) is 3.82. The van der Waals surface area contributed by atoms with E-state index < -0.39 is 6.49 Å². The van der Waals surface area contributed by atoms with Crippen LogP contribution in [0.25, 0.3) is 0 Å². The highest BCUT2D eigenvalue weighted by molar-refractivity contribution is 8.12. The number of hydrogen-bond acceptors (Lipinski definition) is 4. The number of pyridine rings is 1. The summed E-state index contributed by atoms with van der Waals surface area (Å²) in [5, 5.41) is 4.29. The first-order valence-electron chi connectivity index (χ1n) is 6.14. The normalized spacial score (nSPS) is 12.3. The maximum atomic E-state index is 9.98. The molecular weight excluding hydrogens is 307 g/mol. The van der Waals surface area contributed by atoms with Gasteiger partial charge in [-0.25, -0.2) is 0 Å². The van der Waals surface area contributed by atoms with Crippen molar-refractivity contribution >= 4 is 29.3 Å². The zero-order valence-corrected chi connectivity index (χ0v) is 13.3. The van der Waals surface area contributed by atoms with Crippen molar-refractivity contribution in [1.29, 1.82) is 0 Å². The molecule has 0 saturated heterocycles. The lowest BCUT2D eigenvalue weighted by molar-refractivity contribution is 0.214. The molecule has 0 aliphatic carbocycles. The number of nitrogens with zero attached hydrogens (tertiary/aromatic N) is 2. The van der Waals surface area contributed by atoms with Gasteiger partial charge in [0.15, 0.2) is 0 Å². The minimum Gasteiger partial charge on any atom is -0.399 e. The van der Waals surface area contributed by atoms with E-state index in [2.05, 4.69) is 10.1 Å². The molecule has 0 fully saturated rings. The van der Waals surface area contributed by atoms with Gasteiger partial charge in [0, 0.05) is 17.1 Å². The molecule has 2 rings (SSSR count). The van der Waals surface area contributed by atoms with Crippen LogP contribution in [-0.2, 0) is 16.6 Å². The monoisotopic (exact) mass is 322 g/mol. The van der Waals surface area contributed by atoms with Crippen molar-refractivity contribution in [2.75, 3.05) is 7.11 Å². The van der Waals surface area contributed by atoms with Crippen molar-refractivity contribution in [2.24, 2.45) is 5.16 Å². The van der Waals surface area contributed by atoms with Crippen molar-refractivity contribution in [2.45, 2.75) is 6.92 Å². The van der Waals surface area contributed by atoms with E-state index in [1.165, 1.54) is 7.11 Å². The fourth-order valence-electron chi connectivity index (χ4n) is 2.06. The lowest BCUT2D eigenvalue weighted by Gasteiger charge is -2.17. The highest BCUT2D eigenvalue weighted by atomic mass is 32.5. The molecule has 0 spiro atoms. The smallest absolute Gasteiger partial charge is 0.215 e. The third-order valence-electron chi connectivity index (χ3n) is 2.87. The molecule has 0 amide bonds. The molecule has 0 aliphatic heterocycles. The summed E-state index contributed by atoms with van der Waals surface area (Å²) >= 11 is 4.89. The van der Waals surface area contributed by atoms with E-state index >= 15 is 0 Å². The Morgan fingerprint density at radius 1 is 1.24 bits per heavy atom. The van der Waals surface area contributed by atoms with Crippen LogP contribution in [0.2, 0.25) is 0 Å². The summed E-state index contributed by atoms with van der Waals surface area (Å²) < 4.78 is 0. The molecule has 1 heterocycles. The Kier molecular flexibility index (Phi) is 4.85. The van der Waals surface area contributed by atoms with Gasteiger partial charge in [-0.15, -0.1) is 0 Å². The molecule has 2 aromatic rings. The zero-order valence-electron chi connectivity index (χ0n) is 11.6. The van der Waals surface area contributed by atoms with E-state index in [4.69, 9.17) is 16.6 Å². The van der Waals surface area contributed by atoms with Crippen LogP contribution in [0.4, 0.5) is 0 Å². The molecule has 7 heteroatoms. The molecular formula is C14H15N2O3PS. The highest BCUT2D eigenvalue weighted by Crippen LogP contribution is 2.37. The Morgan fingerprint density at radius 3 is 2.57 bits per heavy atom. The highest BCUT2D eigenvalue weighted by Gasteiger charge is 2.23. The summed E-state index contributed by atoms with van der Waals surface area (Å²) in [4.78, 5) is 29.1. The SMILES string of the molecule is CO/N=C(/c1ccccn1)c1cccc(C)c1P(O)(O)=S. The van der Waals surface area contributed by atoms with Crippen LogP contribution in [0.1, 0.15) is 16.8 Å². The Hall–Kier alpha value is -1.59. The van der Waals surface area contributed by atoms with Crippen LogP contribution in [0.5, 0.6) is 0 Å². The third kappa shape index (κ3) is 3.54. The first-order valence-corrected chi connectivity index (χ1v) is 8.84. The molecule has 5 nitrogen and oxygen atoms in total. The second-order valence-corrected chi connectivity index (χ2v) is 7.42. The van der Waals surface area contributed by atoms with Crippen molar-refractivity contribution in [3.63, 3.8) is 0 Å². The molecule has 2 N–H and O–H groups in total. The van der Waals surface area contributed by atoms with E-state index in [1.54, 1.807) is 43.5 Å². The van der Waals surface area contributed by atoms with Gasteiger partial charge in [0.25, 0.3) is 0 Å². The van der Waals surface area contributed by atoms with Crippen LogP contribution in [0.3, 0.4) is 0 Å². The predicted molar refractivity (Wildman–Crippen MR) is 86.4 cm³/mol. The number of benzene rings is 1. The average Bonchev–Trinajstić information content (AvgIpc) is 2.44. The van der Waals surface area contributed by atoms with E-state index in [0.29, 0.717) is 27.8 Å². The topological polar surface area (TPSA) is 74.9 Å². The summed E-state index contributed by atoms with van der Waals surface area (Å²) in [6.45, 7) is -1.85. The van der Waals surface area contributed by atoms with Gasteiger partial charge in [0.2, 0.25) is 6.49 Å². The van der Waals surface area contributed by atoms with Crippen LogP contribution in [0.15, 0.2) is 47.8 Å². The van der Waals surface area contributed by atoms with Gasteiger partial charge < -0.3 is 14.6 Å². The third-order valence-corrected chi connectivity index (χ3v) is 4.60. The quantitative estimate of drug-likeness (QED) is 0.509. The Labute approximate surface area is 128 Å². The molecule has 0 bridgehead atoms. The maximum Gasteiger partial charge on any atom is 0.215 e. The molecule has 0 atom stereocenters. The van der Waals surface area contributed by atoms with E-state index in [1.807, 2.05) is 6.07 Å². The standard InChI is InChI=1S/C14H15N2O3PS/c1-10-6-5-7-11(14(10)20(17,18)21)13(16-19-2)12-8-3-4-9-15-12/h3-9H,1-2H3,(H2,17,18,21)/b16-13+. The summed E-state index contributed by atoms with van der Waals surface area (Å²) in [5.41, 5.74) is 2.19. The predicted octanol–water partition coefficient (Wildman–Crippen LogP) is 1.71.